The molecule has 3 unspecified atom stereocenters. The Bertz CT molecular complexity index is 4080. The highest BCUT2D eigenvalue weighted by Gasteiger charge is 2.29. The van der Waals surface area contributed by atoms with Crippen molar-refractivity contribution in [3.05, 3.63) is 390 Å². The molecule has 9 aliphatic carbocycles. The normalized spacial score (nSPS) is 19.2. The van der Waals surface area contributed by atoms with Gasteiger partial charge in [0.1, 0.15) is 0 Å². The Hall–Kier alpha value is -8.58. The monoisotopic (exact) mass is 1280 g/mol. The molecule has 0 spiro atoms. The lowest BCUT2D eigenvalue weighted by Crippen LogP contribution is -2.12. The standard InChI is InChI=1S/C34H36.C33H34.C31H38/c1(5-12-27-13-7-3-8-14-27)2-6-15-28-20-22-29(23-21-28)26-31-24-25-33(30-16-9-4-10-17-30)34-19-11-18-32(31)34;1-25-14-16-26(17-15-25)8-5-6-9-27-18-20-28(21-19-27)24-30-22-23-32(29-10-3-2-4-11-29)33-13-7-12-31(30)33;1-3-24(4-2)11-8-9-12-25-17-19-26(20-18-25)23-28-21-22-30(27-13-6-5-7-14-27)31-16-10-15-29(28)31/h3,7-9,11,13-14,16-25,34H,1-2,4-6,10,12,15,26H2;3,7,10-23,33H,2,4-6,8-9,24H2,1H3;6,10,13-22,24,31H,3-5,7-9,11-12,23H2,1-2H3. The number of allylic oxidation sites excluding steroid dienone is 36. The molecule has 0 heteroatoms. The van der Waals surface area contributed by atoms with Crippen LogP contribution >= 0.6 is 0 Å². The van der Waals surface area contributed by atoms with Crippen LogP contribution in [0.3, 0.4) is 0 Å². The molecule has 0 aromatic heterocycles. The minimum atomic E-state index is 0.423. The smallest absolute Gasteiger partial charge is 0.0281 e. The highest BCUT2D eigenvalue weighted by atomic mass is 14.3. The average Bonchev–Trinajstić information content (AvgIpc) is 1.59. The second-order valence-electron chi connectivity index (χ2n) is 28.8. The van der Waals surface area contributed by atoms with Gasteiger partial charge in [0.2, 0.25) is 0 Å². The first kappa shape index (κ1) is 69.3. The first-order valence-electron chi connectivity index (χ1n) is 38.2. The Kier molecular flexibility index (Phi) is 25.7. The summed E-state index contributed by atoms with van der Waals surface area (Å²) >= 11 is 0. The predicted molar refractivity (Wildman–Crippen MR) is 422 cm³/mol. The molecule has 0 saturated heterocycles. The van der Waals surface area contributed by atoms with E-state index in [-0.39, 0.29) is 0 Å². The lowest BCUT2D eigenvalue weighted by Gasteiger charge is -2.26. The van der Waals surface area contributed by atoms with Crippen molar-refractivity contribution in [2.75, 3.05) is 0 Å². The third-order valence-corrected chi connectivity index (χ3v) is 21.8. The molecule has 500 valence electrons. The van der Waals surface area contributed by atoms with E-state index in [2.05, 4.69) is 294 Å². The van der Waals surface area contributed by atoms with Gasteiger partial charge in [0.05, 0.1) is 0 Å². The first-order chi connectivity index (χ1) is 48.4. The first-order valence-corrected chi connectivity index (χ1v) is 38.2. The Morgan fingerprint density at radius 2 is 0.622 bits per heavy atom. The molecule has 0 bridgehead atoms. The summed E-state index contributed by atoms with van der Waals surface area (Å²) in [5, 5.41) is 0. The van der Waals surface area contributed by atoms with E-state index < -0.39 is 0 Å². The van der Waals surface area contributed by atoms with Gasteiger partial charge in [-0.3, -0.25) is 0 Å². The van der Waals surface area contributed by atoms with Gasteiger partial charge in [0, 0.05) is 17.8 Å². The number of benzene rings is 5. The largest absolute Gasteiger partial charge is 0.0836 e. The summed E-state index contributed by atoms with van der Waals surface area (Å²) in [6.45, 7) is 6.81. The van der Waals surface area contributed by atoms with Gasteiger partial charge in [-0.2, -0.15) is 0 Å². The minimum absolute atomic E-state index is 0.423. The number of rotatable bonds is 28. The van der Waals surface area contributed by atoms with E-state index in [0.29, 0.717) is 17.8 Å². The van der Waals surface area contributed by atoms with Crippen LogP contribution in [0.25, 0.3) is 0 Å². The van der Waals surface area contributed by atoms with Crippen LogP contribution in [0, 0.1) is 30.6 Å². The van der Waals surface area contributed by atoms with E-state index in [4.69, 9.17) is 0 Å². The molecule has 0 amide bonds. The van der Waals surface area contributed by atoms with Crippen molar-refractivity contribution in [3.8, 4) is 0 Å². The zero-order valence-corrected chi connectivity index (χ0v) is 59.5. The molecular formula is C98H108. The molecule has 14 rings (SSSR count). The van der Waals surface area contributed by atoms with Crippen LogP contribution in [0.4, 0.5) is 0 Å². The molecular weight excluding hydrogens is 1180 g/mol. The molecule has 3 atom stereocenters. The van der Waals surface area contributed by atoms with Gasteiger partial charge >= 0.3 is 0 Å². The van der Waals surface area contributed by atoms with Gasteiger partial charge in [-0.15, -0.1) is 0 Å². The van der Waals surface area contributed by atoms with Crippen LogP contribution in [-0.2, 0) is 51.4 Å². The Balaban J connectivity index is 0.000000140. The van der Waals surface area contributed by atoms with Crippen molar-refractivity contribution in [1.29, 1.82) is 0 Å². The maximum atomic E-state index is 2.40. The van der Waals surface area contributed by atoms with Crippen LogP contribution in [0.5, 0.6) is 0 Å². The topological polar surface area (TPSA) is 0 Å². The second-order valence-corrected chi connectivity index (χ2v) is 28.8. The van der Waals surface area contributed by atoms with Gasteiger partial charge in [-0.05, 0) is 246 Å². The quantitative estimate of drug-likeness (QED) is 0.0438. The van der Waals surface area contributed by atoms with E-state index in [9.17, 15) is 0 Å². The van der Waals surface area contributed by atoms with Crippen molar-refractivity contribution < 1.29 is 0 Å². The Labute approximate surface area is 591 Å². The van der Waals surface area contributed by atoms with Crippen molar-refractivity contribution in [2.24, 2.45) is 23.7 Å². The van der Waals surface area contributed by atoms with Crippen LogP contribution in [0.1, 0.15) is 173 Å². The maximum absolute atomic E-state index is 2.40. The lowest BCUT2D eigenvalue weighted by molar-refractivity contribution is 0.434. The van der Waals surface area contributed by atoms with Crippen molar-refractivity contribution in [1.82, 2.24) is 0 Å². The van der Waals surface area contributed by atoms with Crippen LogP contribution in [-0.4, -0.2) is 0 Å². The van der Waals surface area contributed by atoms with Crippen LogP contribution in [0.15, 0.2) is 340 Å². The summed E-state index contributed by atoms with van der Waals surface area (Å²) < 4.78 is 0. The van der Waals surface area contributed by atoms with E-state index in [0.717, 1.165) is 38.0 Å². The highest BCUT2D eigenvalue weighted by Crippen LogP contribution is 2.44. The molecule has 9 aliphatic rings. The molecule has 5 aromatic carbocycles. The summed E-state index contributed by atoms with van der Waals surface area (Å²) in [6, 6.07) is 48.0. The molecule has 0 saturated carbocycles. The Morgan fingerprint density at radius 3 is 0.959 bits per heavy atom. The molecule has 0 N–H and O–H groups in total. The zero-order valence-electron chi connectivity index (χ0n) is 59.5. The number of fused-ring (bicyclic) bond motifs is 3. The molecule has 0 radical (unpaired) electrons. The average molecular weight is 1290 g/mol. The summed E-state index contributed by atoms with van der Waals surface area (Å²) in [4.78, 5) is 0. The van der Waals surface area contributed by atoms with Gasteiger partial charge in [0.15, 0.2) is 0 Å². The van der Waals surface area contributed by atoms with Crippen LogP contribution in [0.2, 0.25) is 0 Å². The molecule has 0 nitrogen and oxygen atoms in total. The summed E-state index contributed by atoms with van der Waals surface area (Å²) in [6.07, 6.45) is 86.5. The van der Waals surface area contributed by atoms with Gasteiger partial charge < -0.3 is 0 Å². The SMILES string of the molecule is C1=CC2C(C3=CCCC=C3)=CC=C(Cc3ccc(CCCCCCc4ccccc4)cc3)C2=C1.CCC(CC)CCCCc1ccc(CC2=CC=C(C3=CCCC=C3)C3C=CC=C23)cc1.Cc1ccc(CCCCc2ccc(CC3=CC=C(C4=CCCC=C4)C4C=CC=C34)cc2)cc1. The number of unbranched alkanes of at least 4 members (excludes halogenated alkanes) is 5. The van der Waals surface area contributed by atoms with E-state index in [1.165, 1.54) is 245 Å². The third-order valence-electron chi connectivity index (χ3n) is 21.8. The Morgan fingerprint density at radius 1 is 0.306 bits per heavy atom. The van der Waals surface area contributed by atoms with Crippen LogP contribution < -0.4 is 0 Å². The van der Waals surface area contributed by atoms with Crippen molar-refractivity contribution in [3.63, 3.8) is 0 Å². The molecule has 0 aliphatic heterocycles. The summed E-state index contributed by atoms with van der Waals surface area (Å²) in [5.41, 5.74) is 30.4. The summed E-state index contributed by atoms with van der Waals surface area (Å²) in [7, 11) is 0. The molecule has 5 aromatic rings. The summed E-state index contributed by atoms with van der Waals surface area (Å²) in [5.74, 6) is 2.21. The van der Waals surface area contributed by atoms with Gasteiger partial charge in [0.25, 0.3) is 0 Å². The number of hydrogen-bond donors (Lipinski definition) is 0. The fourth-order valence-corrected chi connectivity index (χ4v) is 15.8. The number of hydrogen-bond acceptors (Lipinski definition) is 0. The fraction of sp³-hybridized carbons (Fsp3) is 0.327. The molecule has 98 heavy (non-hydrogen) atoms. The third kappa shape index (κ3) is 19.4. The second kappa shape index (κ2) is 36.3. The highest BCUT2D eigenvalue weighted by molar-refractivity contribution is 5.63. The van der Waals surface area contributed by atoms with E-state index >= 15 is 0 Å². The molecule has 0 fully saturated rings. The van der Waals surface area contributed by atoms with E-state index in [1.807, 2.05) is 0 Å². The van der Waals surface area contributed by atoms with Gasteiger partial charge in [-0.1, -0.05) is 331 Å². The fourth-order valence-electron chi connectivity index (χ4n) is 15.8. The molecule has 0 heterocycles. The maximum Gasteiger partial charge on any atom is 0.0281 e. The number of aryl methyl sites for hydroxylation is 6. The zero-order chi connectivity index (χ0) is 66.9. The van der Waals surface area contributed by atoms with Crippen molar-refractivity contribution in [2.45, 2.75) is 181 Å². The van der Waals surface area contributed by atoms with E-state index in [1.54, 1.807) is 0 Å². The predicted octanol–water partition coefficient (Wildman–Crippen LogP) is 25.8. The van der Waals surface area contributed by atoms with Crippen molar-refractivity contribution >= 4 is 0 Å². The lowest BCUT2D eigenvalue weighted by atomic mass is 9.78. The minimum Gasteiger partial charge on any atom is -0.0836 e. The van der Waals surface area contributed by atoms with Gasteiger partial charge in [-0.25, -0.2) is 0 Å².